The second-order valence-electron chi connectivity index (χ2n) is 7.38. The molecule has 0 radical (unpaired) electrons. The minimum absolute atomic E-state index is 0.0507. The van der Waals surface area contributed by atoms with Gasteiger partial charge in [0.25, 0.3) is 5.91 Å². The topological polar surface area (TPSA) is 58.4 Å². The van der Waals surface area contributed by atoms with Gasteiger partial charge in [0, 0.05) is 31.5 Å². The lowest BCUT2D eigenvalue weighted by atomic mass is 10.1. The van der Waals surface area contributed by atoms with Crippen LogP contribution in [0.1, 0.15) is 40.3 Å². The van der Waals surface area contributed by atoms with Crippen LogP contribution < -0.4 is 0 Å². The van der Waals surface area contributed by atoms with Gasteiger partial charge in [-0.15, -0.1) is 0 Å². The van der Waals surface area contributed by atoms with E-state index >= 15 is 0 Å². The van der Waals surface area contributed by atoms with E-state index in [1.807, 2.05) is 79.3 Å². The van der Waals surface area contributed by atoms with E-state index in [1.54, 1.807) is 16.0 Å². The van der Waals surface area contributed by atoms with Gasteiger partial charge < -0.3 is 14.4 Å². The van der Waals surface area contributed by atoms with Gasteiger partial charge >= 0.3 is 0 Å². The molecule has 0 fully saturated rings. The molecule has 0 aliphatic carbocycles. The van der Waals surface area contributed by atoms with E-state index in [9.17, 15) is 9.59 Å². The third-order valence-corrected chi connectivity index (χ3v) is 5.52. The van der Waals surface area contributed by atoms with E-state index in [2.05, 4.69) is 4.98 Å². The second-order valence-corrected chi connectivity index (χ2v) is 7.38. The predicted octanol–water partition coefficient (Wildman–Crippen LogP) is 3.17. The van der Waals surface area contributed by atoms with E-state index in [4.69, 9.17) is 0 Å². The summed E-state index contributed by atoms with van der Waals surface area (Å²) in [6, 6.07) is 17.3. The monoisotopic (exact) mass is 388 g/mol. The van der Waals surface area contributed by atoms with Gasteiger partial charge in [-0.1, -0.05) is 48.5 Å². The van der Waals surface area contributed by atoms with Crippen molar-refractivity contribution >= 4 is 11.8 Å². The molecule has 148 valence electrons. The average molecular weight is 388 g/mol. The number of aryl methyl sites for hydroxylation is 1. The fourth-order valence-corrected chi connectivity index (χ4v) is 3.75. The van der Waals surface area contributed by atoms with E-state index in [0.717, 1.165) is 17.0 Å². The normalized spacial score (nSPS) is 14.0. The highest BCUT2D eigenvalue weighted by Crippen LogP contribution is 2.25. The van der Waals surface area contributed by atoms with Crippen LogP contribution in [0.2, 0.25) is 0 Å². The minimum atomic E-state index is -0.138. The van der Waals surface area contributed by atoms with E-state index in [0.29, 0.717) is 18.7 Å². The van der Waals surface area contributed by atoms with Crippen molar-refractivity contribution in [2.24, 2.45) is 7.05 Å². The van der Waals surface area contributed by atoms with Gasteiger partial charge in [-0.2, -0.15) is 0 Å². The molecular formula is C23H24N4O2. The van der Waals surface area contributed by atoms with Crippen LogP contribution in [0.5, 0.6) is 0 Å². The number of hydrogen-bond donors (Lipinski definition) is 0. The summed E-state index contributed by atoms with van der Waals surface area (Å²) in [6.45, 7) is 2.91. The molecule has 6 heteroatoms. The van der Waals surface area contributed by atoms with Crippen LogP contribution in [0.25, 0.3) is 0 Å². The molecule has 2 heterocycles. The van der Waals surface area contributed by atoms with Gasteiger partial charge in [0.15, 0.2) is 0 Å². The number of fused-ring (bicyclic) bond motifs is 1. The number of amides is 2. The van der Waals surface area contributed by atoms with Crippen molar-refractivity contribution in [2.45, 2.75) is 26.1 Å². The summed E-state index contributed by atoms with van der Waals surface area (Å²) < 4.78 is 1.91. The maximum atomic E-state index is 13.3. The van der Waals surface area contributed by atoms with Crippen molar-refractivity contribution in [3.8, 4) is 0 Å². The van der Waals surface area contributed by atoms with Crippen LogP contribution in [0, 0.1) is 0 Å². The van der Waals surface area contributed by atoms with Crippen molar-refractivity contribution in [1.29, 1.82) is 0 Å². The number of carbonyl (C=O) groups is 2. The minimum Gasteiger partial charge on any atom is -0.337 e. The lowest BCUT2D eigenvalue weighted by Crippen LogP contribution is -2.41. The van der Waals surface area contributed by atoms with Gasteiger partial charge in [-0.25, -0.2) is 4.98 Å². The van der Waals surface area contributed by atoms with E-state index < -0.39 is 0 Å². The van der Waals surface area contributed by atoms with Crippen molar-refractivity contribution in [2.75, 3.05) is 6.54 Å². The van der Waals surface area contributed by atoms with Gasteiger partial charge in [0.1, 0.15) is 12.4 Å². The summed E-state index contributed by atoms with van der Waals surface area (Å²) in [5.41, 5.74) is 2.70. The van der Waals surface area contributed by atoms with Crippen LogP contribution in [0.3, 0.4) is 0 Å². The zero-order valence-corrected chi connectivity index (χ0v) is 16.7. The second kappa shape index (κ2) is 7.91. The number of nitrogens with zero attached hydrogens (tertiary/aromatic N) is 4. The quantitative estimate of drug-likeness (QED) is 0.652. The Bertz CT molecular complexity index is 1030. The zero-order valence-electron chi connectivity index (χ0n) is 16.7. The number of hydrogen-bond acceptors (Lipinski definition) is 3. The Morgan fingerprint density at radius 2 is 1.86 bits per heavy atom. The highest BCUT2D eigenvalue weighted by Gasteiger charge is 2.31. The van der Waals surface area contributed by atoms with Crippen molar-refractivity contribution in [1.82, 2.24) is 19.4 Å². The molecule has 3 aromatic rings. The molecule has 1 atom stereocenters. The Kier molecular flexibility index (Phi) is 5.16. The molecule has 4 rings (SSSR count). The number of rotatable bonds is 6. The van der Waals surface area contributed by atoms with Crippen molar-refractivity contribution < 1.29 is 9.59 Å². The number of benzene rings is 2. The van der Waals surface area contributed by atoms with Gasteiger partial charge in [-0.05, 0) is 24.1 Å². The summed E-state index contributed by atoms with van der Waals surface area (Å²) in [5, 5.41) is 0. The maximum Gasteiger partial charge on any atom is 0.254 e. The molecule has 0 spiro atoms. The Morgan fingerprint density at radius 3 is 2.55 bits per heavy atom. The third kappa shape index (κ3) is 3.78. The first-order chi connectivity index (χ1) is 14.0. The molecule has 6 nitrogen and oxygen atoms in total. The fourth-order valence-electron chi connectivity index (χ4n) is 3.75. The summed E-state index contributed by atoms with van der Waals surface area (Å²) in [4.78, 5) is 33.9. The predicted molar refractivity (Wildman–Crippen MR) is 110 cm³/mol. The first-order valence-electron chi connectivity index (χ1n) is 9.72. The summed E-state index contributed by atoms with van der Waals surface area (Å²) in [6.07, 6.45) is 3.59. The van der Waals surface area contributed by atoms with Crippen molar-refractivity contribution in [3.05, 3.63) is 89.5 Å². The average Bonchev–Trinajstić information content (AvgIpc) is 3.29. The van der Waals surface area contributed by atoms with Crippen LogP contribution in [0.4, 0.5) is 0 Å². The zero-order chi connectivity index (χ0) is 20.4. The summed E-state index contributed by atoms with van der Waals surface area (Å²) in [5.74, 6) is 0.626. The molecule has 0 bridgehead atoms. The first kappa shape index (κ1) is 18.9. The number of carbonyl (C=O) groups excluding carboxylic acids is 2. The van der Waals surface area contributed by atoms with Gasteiger partial charge in [0.05, 0.1) is 12.6 Å². The molecule has 2 aromatic carbocycles. The van der Waals surface area contributed by atoms with Gasteiger partial charge in [0.2, 0.25) is 5.91 Å². The molecular weight excluding hydrogens is 364 g/mol. The van der Waals surface area contributed by atoms with Crippen molar-refractivity contribution in [3.63, 3.8) is 0 Å². The molecule has 0 saturated heterocycles. The smallest absolute Gasteiger partial charge is 0.254 e. The Labute approximate surface area is 170 Å². The SMILES string of the molecule is C[C@@H](c1ccccc1)N(Cc1nccn1C)C(=O)CN1Cc2ccccc2C1=O. The highest BCUT2D eigenvalue weighted by atomic mass is 16.2. The van der Waals surface area contributed by atoms with Crippen LogP contribution in [-0.2, 0) is 24.9 Å². The molecule has 1 aliphatic rings. The largest absolute Gasteiger partial charge is 0.337 e. The molecule has 2 amide bonds. The van der Waals surface area contributed by atoms with Crippen LogP contribution >= 0.6 is 0 Å². The summed E-state index contributed by atoms with van der Waals surface area (Å²) >= 11 is 0. The highest BCUT2D eigenvalue weighted by molar-refractivity contribution is 6.00. The third-order valence-electron chi connectivity index (χ3n) is 5.52. The van der Waals surface area contributed by atoms with E-state index in [1.165, 1.54) is 0 Å². The Morgan fingerprint density at radius 1 is 1.14 bits per heavy atom. The van der Waals surface area contributed by atoms with Crippen LogP contribution in [0.15, 0.2) is 67.0 Å². The number of imidazole rings is 1. The first-order valence-corrected chi connectivity index (χ1v) is 9.72. The van der Waals surface area contributed by atoms with Crippen LogP contribution in [-0.4, -0.2) is 37.7 Å². The Balaban J connectivity index is 1.56. The lowest BCUT2D eigenvalue weighted by Gasteiger charge is -2.31. The Hall–Kier alpha value is -3.41. The fraction of sp³-hybridized carbons (Fsp3) is 0.261. The molecule has 29 heavy (non-hydrogen) atoms. The molecule has 0 N–H and O–H groups in total. The standard InChI is InChI=1S/C23H24N4O2/c1-17(18-8-4-3-5-9-18)27(15-21-24-12-13-25(21)2)22(28)16-26-14-19-10-6-7-11-20(19)23(26)29/h3-13,17H,14-16H2,1-2H3/t17-/m0/s1. The van der Waals surface area contributed by atoms with E-state index in [-0.39, 0.29) is 24.4 Å². The number of aromatic nitrogens is 2. The summed E-state index contributed by atoms with van der Waals surface area (Å²) in [7, 11) is 1.92. The molecule has 1 aromatic heterocycles. The maximum absolute atomic E-state index is 13.3. The van der Waals surface area contributed by atoms with Gasteiger partial charge in [-0.3, -0.25) is 9.59 Å². The lowest BCUT2D eigenvalue weighted by molar-refractivity contribution is -0.135. The molecule has 1 aliphatic heterocycles. The molecule has 0 unspecified atom stereocenters. The molecule has 0 saturated carbocycles.